The number of ether oxygens (including phenoxy) is 1. The lowest BCUT2D eigenvalue weighted by atomic mass is 10.1. The van der Waals surface area contributed by atoms with Crippen LogP contribution in [-0.2, 0) is 4.74 Å². The fraction of sp³-hybridized carbons (Fsp3) is 0.417. The van der Waals surface area contributed by atoms with Gasteiger partial charge in [-0.1, -0.05) is 5.16 Å². The number of aliphatic hydroxyl groups is 3. The molecular weight excluding hydrogens is 310 g/mol. The van der Waals surface area contributed by atoms with E-state index in [1.165, 1.54) is 10.8 Å². The Labute approximate surface area is 128 Å². The summed E-state index contributed by atoms with van der Waals surface area (Å²) in [4.78, 5) is 18.4. The molecule has 0 unspecified atom stereocenters. The largest absolute Gasteiger partial charge is 0.409 e. The highest BCUT2D eigenvalue weighted by Gasteiger charge is 2.44. The molecule has 3 heterocycles. The molecule has 7 N–H and O–H groups in total. The maximum Gasteiger partial charge on any atom is 0.260 e. The smallest absolute Gasteiger partial charge is 0.260 e. The molecule has 0 bridgehead atoms. The van der Waals surface area contributed by atoms with Crippen molar-refractivity contribution in [3.8, 4) is 0 Å². The second-order valence-corrected chi connectivity index (χ2v) is 5.09. The minimum Gasteiger partial charge on any atom is -0.409 e. The topological polar surface area (TPSA) is 179 Å². The predicted molar refractivity (Wildman–Crippen MR) is 75.9 cm³/mol. The summed E-state index contributed by atoms with van der Waals surface area (Å²) in [5.74, 6) is -0.320. The van der Waals surface area contributed by atoms with Gasteiger partial charge >= 0.3 is 0 Å². The van der Waals surface area contributed by atoms with Gasteiger partial charge in [0.2, 0.25) is 0 Å². The van der Waals surface area contributed by atoms with Gasteiger partial charge < -0.3 is 40.5 Å². The molecule has 1 aliphatic rings. The highest BCUT2D eigenvalue weighted by atomic mass is 16.6. The van der Waals surface area contributed by atoms with Gasteiger partial charge in [-0.15, -0.1) is 0 Å². The van der Waals surface area contributed by atoms with Crippen LogP contribution < -0.4 is 11.3 Å². The molecule has 1 fully saturated rings. The summed E-state index contributed by atoms with van der Waals surface area (Å²) in [5, 5.41) is 40.9. The molecule has 124 valence electrons. The minimum atomic E-state index is -1.36. The van der Waals surface area contributed by atoms with Crippen molar-refractivity contribution in [3.05, 3.63) is 28.4 Å². The first kappa shape index (κ1) is 15.4. The Morgan fingerprint density at radius 2 is 2.22 bits per heavy atom. The zero-order chi connectivity index (χ0) is 16.7. The number of aromatic amines is 1. The van der Waals surface area contributed by atoms with Crippen molar-refractivity contribution in [3.63, 3.8) is 0 Å². The number of hydrogen-bond acceptors (Lipinski definition) is 8. The summed E-state index contributed by atoms with van der Waals surface area (Å²) in [6.07, 6.45) is -2.28. The van der Waals surface area contributed by atoms with Crippen molar-refractivity contribution in [2.24, 2.45) is 10.9 Å². The first-order chi connectivity index (χ1) is 11.0. The van der Waals surface area contributed by atoms with Gasteiger partial charge in [0.05, 0.1) is 23.9 Å². The molecule has 0 amide bonds. The molecule has 0 aromatic carbocycles. The summed E-state index contributed by atoms with van der Waals surface area (Å²) >= 11 is 0. The number of nitrogens with one attached hydrogen (secondary N) is 1. The molecule has 0 aliphatic carbocycles. The van der Waals surface area contributed by atoms with Crippen LogP contribution in [0.4, 0.5) is 0 Å². The summed E-state index contributed by atoms with van der Waals surface area (Å²) in [6.45, 7) is -0.491. The molecule has 3 rings (SSSR count). The van der Waals surface area contributed by atoms with E-state index in [0.29, 0.717) is 0 Å². The third-order valence-corrected chi connectivity index (χ3v) is 3.79. The number of H-pyrrole nitrogens is 1. The molecule has 0 spiro atoms. The zero-order valence-corrected chi connectivity index (χ0v) is 11.7. The Morgan fingerprint density at radius 3 is 2.83 bits per heavy atom. The number of aromatic nitrogens is 3. The van der Waals surface area contributed by atoms with E-state index in [4.69, 9.17) is 20.8 Å². The van der Waals surface area contributed by atoms with Gasteiger partial charge in [0.25, 0.3) is 5.56 Å². The number of rotatable bonds is 3. The Morgan fingerprint density at radius 1 is 1.48 bits per heavy atom. The Balaban J connectivity index is 2.20. The van der Waals surface area contributed by atoms with Gasteiger partial charge in [-0.05, 0) is 0 Å². The lowest BCUT2D eigenvalue weighted by Gasteiger charge is -2.17. The third-order valence-electron chi connectivity index (χ3n) is 3.79. The normalized spacial score (nSPS) is 28.6. The Kier molecular flexibility index (Phi) is 3.77. The van der Waals surface area contributed by atoms with Gasteiger partial charge in [0.1, 0.15) is 24.0 Å². The van der Waals surface area contributed by atoms with Gasteiger partial charge in [0, 0.05) is 6.20 Å². The zero-order valence-electron chi connectivity index (χ0n) is 11.7. The molecule has 2 aromatic heterocycles. The minimum absolute atomic E-state index is 0.0422. The maximum atomic E-state index is 12.0. The van der Waals surface area contributed by atoms with Crippen molar-refractivity contribution in [2.45, 2.75) is 24.5 Å². The van der Waals surface area contributed by atoms with E-state index in [-0.39, 0.29) is 22.4 Å². The van der Waals surface area contributed by atoms with Crippen molar-refractivity contribution in [2.75, 3.05) is 6.61 Å². The van der Waals surface area contributed by atoms with Crippen LogP contribution >= 0.6 is 0 Å². The number of aliphatic hydroxyl groups excluding tert-OH is 3. The van der Waals surface area contributed by atoms with Crippen LogP contribution in [0, 0.1) is 0 Å². The quantitative estimate of drug-likeness (QED) is 0.154. The van der Waals surface area contributed by atoms with Crippen molar-refractivity contribution < 1.29 is 25.3 Å². The van der Waals surface area contributed by atoms with E-state index in [1.54, 1.807) is 0 Å². The number of fused-ring (bicyclic) bond motifs is 1. The summed E-state index contributed by atoms with van der Waals surface area (Å²) in [5.41, 5.74) is 5.25. The molecule has 2 aromatic rings. The van der Waals surface area contributed by atoms with E-state index < -0.39 is 36.7 Å². The average Bonchev–Trinajstić information content (AvgIpc) is 3.07. The first-order valence-electron chi connectivity index (χ1n) is 6.68. The highest BCUT2D eigenvalue weighted by molar-refractivity contribution is 6.07. The van der Waals surface area contributed by atoms with E-state index >= 15 is 0 Å². The molecule has 1 aliphatic heterocycles. The highest BCUT2D eigenvalue weighted by Crippen LogP contribution is 2.32. The first-order valence-corrected chi connectivity index (χ1v) is 6.68. The number of amidine groups is 1. The maximum absolute atomic E-state index is 12.0. The monoisotopic (exact) mass is 325 g/mol. The van der Waals surface area contributed by atoms with Gasteiger partial charge in [-0.25, -0.2) is 4.98 Å². The van der Waals surface area contributed by atoms with Gasteiger partial charge in [0.15, 0.2) is 12.1 Å². The standard InChI is InChI=1S/C12H15N5O6/c13-9(16-22)4-1-17(10-6(4)11(21)15-3-14-10)12-8(20)7(19)5(2-18)23-12/h1,3,5,7-8,12,18-20,22H,2H2,(H2,13,16)(H,14,15,21)/t5-,7-,8+,12-/m1/s1. The number of nitrogens with two attached hydrogens (primary N) is 1. The van der Waals surface area contributed by atoms with Crippen molar-refractivity contribution in [1.82, 2.24) is 14.5 Å². The van der Waals surface area contributed by atoms with Crippen LogP contribution in [0.1, 0.15) is 11.8 Å². The molecule has 11 heteroatoms. The summed E-state index contributed by atoms with van der Waals surface area (Å²) in [6, 6.07) is 0. The number of hydrogen-bond donors (Lipinski definition) is 6. The fourth-order valence-electron chi connectivity index (χ4n) is 2.65. The fourth-order valence-corrected chi connectivity index (χ4v) is 2.65. The molecule has 23 heavy (non-hydrogen) atoms. The van der Waals surface area contributed by atoms with Crippen LogP contribution in [0.25, 0.3) is 11.0 Å². The summed E-state index contributed by atoms with van der Waals surface area (Å²) in [7, 11) is 0. The second-order valence-electron chi connectivity index (χ2n) is 5.09. The number of oxime groups is 1. The molecule has 0 radical (unpaired) electrons. The average molecular weight is 325 g/mol. The van der Waals surface area contributed by atoms with Crippen LogP contribution in [-0.4, -0.2) is 65.8 Å². The second kappa shape index (κ2) is 5.62. The van der Waals surface area contributed by atoms with Crippen LogP contribution in [0.15, 0.2) is 22.5 Å². The third kappa shape index (κ3) is 2.26. The van der Waals surface area contributed by atoms with Crippen molar-refractivity contribution >= 4 is 16.9 Å². The molecule has 4 atom stereocenters. The molecular formula is C12H15N5O6. The lowest BCUT2D eigenvalue weighted by molar-refractivity contribution is -0.0508. The Bertz CT molecular complexity index is 814. The van der Waals surface area contributed by atoms with E-state index in [1.807, 2.05) is 0 Å². The van der Waals surface area contributed by atoms with Gasteiger partial charge in [-0.3, -0.25) is 4.79 Å². The van der Waals surface area contributed by atoms with Crippen molar-refractivity contribution in [1.29, 1.82) is 0 Å². The van der Waals surface area contributed by atoms with Gasteiger partial charge in [-0.2, -0.15) is 0 Å². The molecule has 0 saturated carbocycles. The predicted octanol–water partition coefficient (Wildman–Crippen LogP) is -2.57. The Hall–Kier alpha value is -2.47. The van der Waals surface area contributed by atoms with E-state index in [0.717, 1.165) is 6.33 Å². The van der Waals surface area contributed by atoms with Crippen LogP contribution in [0.5, 0.6) is 0 Å². The number of nitrogens with zero attached hydrogens (tertiary/aromatic N) is 3. The summed E-state index contributed by atoms with van der Waals surface area (Å²) < 4.78 is 6.71. The SMILES string of the molecule is N/C(=N/O)c1cn([C@@H]2O[C@H](CO)[C@@H](O)[C@@H]2O)c2nc[nH]c(=O)c12. The lowest BCUT2D eigenvalue weighted by Crippen LogP contribution is -2.33. The van der Waals surface area contributed by atoms with E-state index in [9.17, 15) is 15.0 Å². The van der Waals surface area contributed by atoms with E-state index in [2.05, 4.69) is 15.1 Å². The van der Waals surface area contributed by atoms with Crippen LogP contribution in [0.2, 0.25) is 0 Å². The van der Waals surface area contributed by atoms with Crippen LogP contribution in [0.3, 0.4) is 0 Å². The molecule has 11 nitrogen and oxygen atoms in total. The molecule has 1 saturated heterocycles.